The Hall–Kier alpha value is -3.24. The van der Waals surface area contributed by atoms with Gasteiger partial charge in [-0.2, -0.15) is 0 Å². The summed E-state index contributed by atoms with van der Waals surface area (Å²) in [5.41, 5.74) is 2.91. The maximum Gasteiger partial charge on any atom is 0.231 e. The van der Waals surface area contributed by atoms with Crippen LogP contribution in [0.25, 0.3) is 22.0 Å². The van der Waals surface area contributed by atoms with E-state index in [0.717, 1.165) is 44.3 Å². The molecule has 1 aliphatic heterocycles. The molecular formula is C22H20N4O4S2. The highest BCUT2D eigenvalue weighted by molar-refractivity contribution is 7.98. The molecule has 5 rings (SSSR count). The highest BCUT2D eigenvalue weighted by atomic mass is 32.2. The number of fused-ring (bicyclic) bond motifs is 1. The van der Waals surface area contributed by atoms with Gasteiger partial charge in [0.15, 0.2) is 34.0 Å². The number of ether oxygens (including phenoxy) is 4. The summed E-state index contributed by atoms with van der Waals surface area (Å²) in [6.45, 7) is 0.265. The zero-order valence-corrected chi connectivity index (χ0v) is 19.3. The van der Waals surface area contributed by atoms with Gasteiger partial charge in [-0.15, -0.1) is 21.5 Å². The molecule has 1 aliphatic rings. The average Bonchev–Trinajstić information content (AvgIpc) is 3.56. The van der Waals surface area contributed by atoms with Crippen molar-refractivity contribution >= 4 is 23.1 Å². The zero-order valence-electron chi connectivity index (χ0n) is 17.7. The van der Waals surface area contributed by atoms with Gasteiger partial charge in [-0.1, -0.05) is 11.8 Å². The number of thiazole rings is 1. The summed E-state index contributed by atoms with van der Waals surface area (Å²) in [5, 5.41) is 12.6. The highest BCUT2D eigenvalue weighted by Crippen LogP contribution is 2.37. The van der Waals surface area contributed by atoms with Crippen LogP contribution in [0.15, 0.2) is 46.9 Å². The highest BCUT2D eigenvalue weighted by Gasteiger charge is 2.17. The van der Waals surface area contributed by atoms with E-state index in [0.29, 0.717) is 17.3 Å². The molecule has 10 heteroatoms. The summed E-state index contributed by atoms with van der Waals surface area (Å²) in [7, 11) is 5.18. The van der Waals surface area contributed by atoms with Crippen molar-refractivity contribution in [2.75, 3.05) is 21.0 Å². The van der Waals surface area contributed by atoms with Crippen LogP contribution < -0.4 is 18.9 Å². The van der Waals surface area contributed by atoms with E-state index in [2.05, 4.69) is 15.6 Å². The number of nitrogens with zero attached hydrogens (tertiary/aromatic N) is 4. The summed E-state index contributed by atoms with van der Waals surface area (Å²) in [5.74, 6) is 4.31. The Bertz CT molecular complexity index is 1270. The molecule has 0 atom stereocenters. The van der Waals surface area contributed by atoms with Gasteiger partial charge < -0.3 is 23.5 Å². The summed E-state index contributed by atoms with van der Waals surface area (Å²) in [4.78, 5) is 4.77. The van der Waals surface area contributed by atoms with Crippen molar-refractivity contribution in [1.82, 2.24) is 19.7 Å². The lowest BCUT2D eigenvalue weighted by Crippen LogP contribution is -1.96. The zero-order chi connectivity index (χ0) is 22.1. The molecule has 0 N–H and O–H groups in total. The molecule has 2 aromatic heterocycles. The van der Waals surface area contributed by atoms with Crippen LogP contribution >= 0.6 is 23.1 Å². The molecule has 0 saturated heterocycles. The van der Waals surface area contributed by atoms with E-state index >= 15 is 0 Å². The predicted octanol–water partition coefficient (Wildman–Crippen LogP) is 4.64. The van der Waals surface area contributed by atoms with Gasteiger partial charge in [0.2, 0.25) is 6.79 Å². The van der Waals surface area contributed by atoms with E-state index in [1.807, 2.05) is 48.0 Å². The molecule has 0 spiro atoms. The predicted molar refractivity (Wildman–Crippen MR) is 123 cm³/mol. The van der Waals surface area contributed by atoms with Gasteiger partial charge in [0.25, 0.3) is 0 Å². The number of hydrogen-bond acceptors (Lipinski definition) is 9. The van der Waals surface area contributed by atoms with Crippen molar-refractivity contribution in [3.05, 3.63) is 47.5 Å². The topological polar surface area (TPSA) is 80.5 Å². The third-order valence-electron chi connectivity index (χ3n) is 5.00. The minimum Gasteiger partial charge on any atom is -0.493 e. The minimum absolute atomic E-state index is 0.265. The van der Waals surface area contributed by atoms with E-state index in [9.17, 15) is 0 Å². The van der Waals surface area contributed by atoms with Gasteiger partial charge in [-0.25, -0.2) is 4.98 Å². The Kier molecular flexibility index (Phi) is 5.62. The van der Waals surface area contributed by atoms with Crippen LogP contribution in [0.4, 0.5) is 0 Å². The molecule has 164 valence electrons. The number of hydrogen-bond donors (Lipinski definition) is 0. The number of benzene rings is 2. The molecule has 32 heavy (non-hydrogen) atoms. The molecule has 3 heterocycles. The summed E-state index contributed by atoms with van der Waals surface area (Å²) < 4.78 is 23.5. The second kappa shape index (κ2) is 8.71. The first kappa shape index (κ1) is 20.7. The largest absolute Gasteiger partial charge is 0.493 e. The SMILES string of the molecule is COc1ccc(-c2nnc(SCc3csc(-c4ccc5c(c4)OCO5)n3)n2C)cc1OC. The van der Waals surface area contributed by atoms with Crippen molar-refractivity contribution in [1.29, 1.82) is 0 Å². The van der Waals surface area contributed by atoms with E-state index in [4.69, 9.17) is 23.9 Å². The second-order valence-electron chi connectivity index (χ2n) is 6.94. The Balaban J connectivity index is 1.30. The monoisotopic (exact) mass is 468 g/mol. The molecule has 0 radical (unpaired) electrons. The van der Waals surface area contributed by atoms with Crippen LogP contribution in [0.3, 0.4) is 0 Å². The van der Waals surface area contributed by atoms with E-state index in [1.54, 1.807) is 37.3 Å². The first-order chi connectivity index (χ1) is 15.7. The van der Waals surface area contributed by atoms with E-state index in [1.165, 1.54) is 0 Å². The second-order valence-corrected chi connectivity index (χ2v) is 8.74. The maximum absolute atomic E-state index is 5.47. The molecule has 0 fully saturated rings. The Morgan fingerprint density at radius 1 is 1.00 bits per heavy atom. The van der Waals surface area contributed by atoms with Crippen LogP contribution in [0.5, 0.6) is 23.0 Å². The first-order valence-corrected chi connectivity index (χ1v) is 11.6. The summed E-state index contributed by atoms with van der Waals surface area (Å²) in [6.07, 6.45) is 0. The molecule has 0 bridgehead atoms. The third kappa shape index (κ3) is 3.87. The molecule has 8 nitrogen and oxygen atoms in total. The Morgan fingerprint density at radius 3 is 2.66 bits per heavy atom. The van der Waals surface area contributed by atoms with Gasteiger partial charge in [-0.05, 0) is 36.4 Å². The summed E-state index contributed by atoms with van der Waals surface area (Å²) in [6, 6.07) is 11.6. The van der Waals surface area contributed by atoms with Crippen LogP contribution in [0.1, 0.15) is 5.69 Å². The van der Waals surface area contributed by atoms with Crippen molar-refractivity contribution in [3.8, 4) is 45.0 Å². The van der Waals surface area contributed by atoms with Gasteiger partial charge in [0.05, 0.1) is 19.9 Å². The van der Waals surface area contributed by atoms with Gasteiger partial charge >= 0.3 is 0 Å². The number of thioether (sulfide) groups is 1. The van der Waals surface area contributed by atoms with Crippen LogP contribution in [0.2, 0.25) is 0 Å². The van der Waals surface area contributed by atoms with Crippen LogP contribution in [-0.4, -0.2) is 40.8 Å². The molecule has 4 aromatic rings. The lowest BCUT2D eigenvalue weighted by Gasteiger charge is -2.09. The molecule has 0 saturated carbocycles. The van der Waals surface area contributed by atoms with Crippen molar-refractivity contribution in [2.45, 2.75) is 10.9 Å². The molecule has 0 unspecified atom stereocenters. The van der Waals surface area contributed by atoms with Gasteiger partial charge in [0, 0.05) is 29.3 Å². The van der Waals surface area contributed by atoms with Crippen molar-refractivity contribution < 1.29 is 18.9 Å². The quantitative estimate of drug-likeness (QED) is 0.363. The smallest absolute Gasteiger partial charge is 0.231 e. The molecule has 0 aliphatic carbocycles. The number of aromatic nitrogens is 4. The van der Waals surface area contributed by atoms with Gasteiger partial charge in [0.1, 0.15) is 5.01 Å². The molecular weight excluding hydrogens is 448 g/mol. The standard InChI is InChI=1S/C22H20N4O4S2/c1-26-20(13-4-6-16(27-2)18(8-13)28-3)24-25-22(26)32-11-15-10-31-21(23-15)14-5-7-17-19(9-14)30-12-29-17/h4-10H,11-12H2,1-3H3. The lowest BCUT2D eigenvalue weighted by atomic mass is 10.2. The third-order valence-corrected chi connectivity index (χ3v) is 6.99. The van der Waals surface area contributed by atoms with E-state index in [-0.39, 0.29) is 6.79 Å². The normalized spacial score (nSPS) is 12.2. The van der Waals surface area contributed by atoms with Gasteiger partial charge in [-0.3, -0.25) is 0 Å². The molecule has 2 aromatic carbocycles. The minimum atomic E-state index is 0.265. The fourth-order valence-electron chi connectivity index (χ4n) is 3.34. The Morgan fingerprint density at radius 2 is 1.81 bits per heavy atom. The fourth-order valence-corrected chi connectivity index (χ4v) is 5.07. The fraction of sp³-hybridized carbons (Fsp3) is 0.227. The van der Waals surface area contributed by atoms with Crippen molar-refractivity contribution in [3.63, 3.8) is 0 Å². The number of methoxy groups -OCH3 is 2. The maximum atomic E-state index is 5.47. The van der Waals surface area contributed by atoms with Crippen LogP contribution in [-0.2, 0) is 12.8 Å². The average molecular weight is 469 g/mol. The summed E-state index contributed by atoms with van der Waals surface area (Å²) >= 11 is 3.20. The van der Waals surface area contributed by atoms with Crippen LogP contribution in [0, 0.1) is 0 Å². The number of rotatable bonds is 7. The lowest BCUT2D eigenvalue weighted by molar-refractivity contribution is 0.174. The Labute approximate surface area is 193 Å². The first-order valence-electron chi connectivity index (χ1n) is 9.75. The van der Waals surface area contributed by atoms with Crippen molar-refractivity contribution in [2.24, 2.45) is 7.05 Å². The van der Waals surface area contributed by atoms with E-state index < -0.39 is 0 Å². The molecule has 0 amide bonds.